The van der Waals surface area contributed by atoms with Gasteiger partial charge in [0.05, 0.1) is 6.54 Å². The van der Waals surface area contributed by atoms with Crippen LogP contribution >= 0.6 is 11.3 Å². The van der Waals surface area contributed by atoms with Gasteiger partial charge in [-0.3, -0.25) is 0 Å². The molecule has 3 rings (SSSR count). The summed E-state index contributed by atoms with van der Waals surface area (Å²) in [6.45, 7) is 1.14. The van der Waals surface area contributed by atoms with Crippen LogP contribution in [0.2, 0.25) is 0 Å². The lowest BCUT2D eigenvalue weighted by molar-refractivity contribution is 0.239. The van der Waals surface area contributed by atoms with Crippen molar-refractivity contribution < 1.29 is 9.18 Å². The molecule has 1 aliphatic carbocycles. The van der Waals surface area contributed by atoms with E-state index in [0.29, 0.717) is 13.1 Å². The second-order valence-electron chi connectivity index (χ2n) is 5.40. The zero-order valence-corrected chi connectivity index (χ0v) is 12.4. The minimum Gasteiger partial charge on any atom is -0.337 e. The van der Waals surface area contributed by atoms with Gasteiger partial charge in [-0.25, -0.2) is 9.18 Å². The third kappa shape index (κ3) is 3.42. The van der Waals surface area contributed by atoms with Gasteiger partial charge in [0.15, 0.2) is 0 Å². The second kappa shape index (κ2) is 5.85. The fraction of sp³-hybridized carbons (Fsp3) is 0.312. The maximum atomic E-state index is 13.0. The van der Waals surface area contributed by atoms with Crippen LogP contribution in [0.3, 0.4) is 0 Å². The Balaban J connectivity index is 1.50. The highest BCUT2D eigenvalue weighted by molar-refractivity contribution is 7.09. The van der Waals surface area contributed by atoms with E-state index in [2.05, 4.69) is 10.6 Å². The third-order valence-corrected chi connectivity index (χ3v) is 4.78. The summed E-state index contributed by atoms with van der Waals surface area (Å²) in [4.78, 5) is 12.9. The fourth-order valence-electron chi connectivity index (χ4n) is 2.41. The Morgan fingerprint density at radius 1 is 1.19 bits per heavy atom. The summed E-state index contributed by atoms with van der Waals surface area (Å²) in [7, 11) is 0. The first-order valence-corrected chi connectivity index (χ1v) is 7.86. The van der Waals surface area contributed by atoms with Gasteiger partial charge in [-0.15, -0.1) is 11.3 Å². The SMILES string of the molecule is O=C(NCc1cccs1)NCC1(c2ccc(F)cc2)CC1. The number of benzene rings is 1. The molecule has 2 N–H and O–H groups in total. The molecule has 2 aromatic rings. The number of hydrogen-bond acceptors (Lipinski definition) is 2. The van der Waals surface area contributed by atoms with Crippen molar-refractivity contribution in [2.24, 2.45) is 0 Å². The summed E-state index contributed by atoms with van der Waals surface area (Å²) < 4.78 is 13.0. The van der Waals surface area contributed by atoms with E-state index in [-0.39, 0.29) is 17.3 Å². The van der Waals surface area contributed by atoms with E-state index in [9.17, 15) is 9.18 Å². The van der Waals surface area contributed by atoms with E-state index in [1.807, 2.05) is 29.6 Å². The molecule has 21 heavy (non-hydrogen) atoms. The topological polar surface area (TPSA) is 41.1 Å². The summed E-state index contributed by atoms with van der Waals surface area (Å²) in [5.74, 6) is -0.226. The molecule has 0 saturated heterocycles. The van der Waals surface area contributed by atoms with Gasteiger partial charge in [0.1, 0.15) is 5.82 Å². The normalized spacial score (nSPS) is 15.5. The molecule has 1 aromatic heterocycles. The molecule has 3 nitrogen and oxygen atoms in total. The van der Waals surface area contributed by atoms with Gasteiger partial charge in [0.25, 0.3) is 0 Å². The van der Waals surface area contributed by atoms with Gasteiger partial charge in [-0.05, 0) is 42.0 Å². The van der Waals surface area contributed by atoms with E-state index in [4.69, 9.17) is 0 Å². The van der Waals surface area contributed by atoms with Crippen LogP contribution in [0.5, 0.6) is 0 Å². The van der Waals surface area contributed by atoms with Crippen LogP contribution in [0.15, 0.2) is 41.8 Å². The number of nitrogens with one attached hydrogen (secondary N) is 2. The summed E-state index contributed by atoms with van der Waals surface area (Å²) in [5.41, 5.74) is 1.09. The molecule has 1 aliphatic rings. The first-order chi connectivity index (χ1) is 10.2. The van der Waals surface area contributed by atoms with Crippen molar-refractivity contribution in [3.63, 3.8) is 0 Å². The average Bonchev–Trinajstić information content (AvgIpc) is 3.10. The van der Waals surface area contributed by atoms with E-state index in [1.165, 1.54) is 12.1 Å². The molecule has 2 amide bonds. The maximum absolute atomic E-state index is 13.0. The number of amides is 2. The van der Waals surface area contributed by atoms with Crippen molar-refractivity contribution in [2.45, 2.75) is 24.8 Å². The molecule has 0 atom stereocenters. The molecule has 0 radical (unpaired) electrons. The van der Waals surface area contributed by atoms with Crippen molar-refractivity contribution >= 4 is 17.4 Å². The largest absolute Gasteiger partial charge is 0.337 e. The fourth-order valence-corrected chi connectivity index (χ4v) is 3.06. The zero-order valence-electron chi connectivity index (χ0n) is 11.6. The molecule has 0 aliphatic heterocycles. The van der Waals surface area contributed by atoms with Crippen LogP contribution in [-0.4, -0.2) is 12.6 Å². The van der Waals surface area contributed by atoms with Crippen molar-refractivity contribution in [1.29, 1.82) is 0 Å². The predicted molar refractivity (Wildman–Crippen MR) is 81.9 cm³/mol. The van der Waals surface area contributed by atoms with Gasteiger partial charge in [-0.1, -0.05) is 18.2 Å². The number of urea groups is 1. The molecule has 1 fully saturated rings. The molecule has 1 heterocycles. The number of rotatable bonds is 5. The Kier molecular flexibility index (Phi) is 3.92. The number of hydrogen-bond donors (Lipinski definition) is 2. The maximum Gasteiger partial charge on any atom is 0.315 e. The Labute approximate surface area is 127 Å². The summed E-state index contributed by atoms with van der Waals surface area (Å²) in [5, 5.41) is 7.76. The quantitative estimate of drug-likeness (QED) is 0.873. The minimum atomic E-state index is -0.226. The molecule has 110 valence electrons. The Bertz CT molecular complexity index is 606. The Morgan fingerprint density at radius 2 is 1.95 bits per heavy atom. The second-order valence-corrected chi connectivity index (χ2v) is 6.44. The number of halogens is 1. The first kappa shape index (κ1) is 14.1. The van der Waals surface area contributed by atoms with Crippen LogP contribution in [0, 0.1) is 5.82 Å². The standard InChI is InChI=1S/C16H17FN2OS/c17-13-5-3-12(4-6-13)16(7-8-16)11-19-15(20)18-10-14-2-1-9-21-14/h1-6,9H,7-8,10-11H2,(H2,18,19,20). The molecule has 1 aromatic carbocycles. The lowest BCUT2D eigenvalue weighted by atomic mass is 9.96. The van der Waals surface area contributed by atoms with Crippen LogP contribution in [-0.2, 0) is 12.0 Å². The zero-order chi connectivity index (χ0) is 14.7. The smallest absolute Gasteiger partial charge is 0.315 e. The summed E-state index contributed by atoms with van der Waals surface area (Å²) in [6.07, 6.45) is 2.06. The van der Waals surface area contributed by atoms with E-state index < -0.39 is 0 Å². The highest BCUT2D eigenvalue weighted by Crippen LogP contribution is 2.47. The van der Waals surface area contributed by atoms with Crippen LogP contribution < -0.4 is 10.6 Å². The van der Waals surface area contributed by atoms with E-state index in [0.717, 1.165) is 23.3 Å². The molecular formula is C16H17FN2OS. The van der Waals surface area contributed by atoms with Gasteiger partial charge >= 0.3 is 6.03 Å². The van der Waals surface area contributed by atoms with Crippen LogP contribution in [0.1, 0.15) is 23.3 Å². The molecule has 0 spiro atoms. The lowest BCUT2D eigenvalue weighted by Crippen LogP contribution is -2.39. The Morgan fingerprint density at radius 3 is 2.57 bits per heavy atom. The number of carbonyl (C=O) groups excluding carboxylic acids is 1. The van der Waals surface area contributed by atoms with Gasteiger partial charge < -0.3 is 10.6 Å². The van der Waals surface area contributed by atoms with Gasteiger partial charge in [-0.2, -0.15) is 0 Å². The van der Waals surface area contributed by atoms with Crippen molar-refractivity contribution in [1.82, 2.24) is 10.6 Å². The monoisotopic (exact) mass is 304 g/mol. The first-order valence-electron chi connectivity index (χ1n) is 6.98. The predicted octanol–water partition coefficient (Wildman–Crippen LogP) is 3.42. The number of thiophene rings is 1. The molecule has 0 unspecified atom stereocenters. The summed E-state index contributed by atoms with van der Waals surface area (Å²) >= 11 is 1.62. The molecular weight excluding hydrogens is 287 g/mol. The minimum absolute atomic E-state index is 0.00598. The molecule has 0 bridgehead atoms. The van der Waals surface area contributed by atoms with Crippen molar-refractivity contribution in [3.8, 4) is 0 Å². The number of carbonyl (C=O) groups is 1. The highest BCUT2D eigenvalue weighted by Gasteiger charge is 2.44. The van der Waals surface area contributed by atoms with Crippen molar-refractivity contribution in [3.05, 3.63) is 58.0 Å². The summed E-state index contributed by atoms with van der Waals surface area (Å²) in [6, 6.07) is 10.4. The highest BCUT2D eigenvalue weighted by atomic mass is 32.1. The van der Waals surface area contributed by atoms with Gasteiger partial charge in [0.2, 0.25) is 0 Å². The third-order valence-electron chi connectivity index (χ3n) is 3.90. The molecule has 1 saturated carbocycles. The van der Waals surface area contributed by atoms with Crippen molar-refractivity contribution in [2.75, 3.05) is 6.54 Å². The van der Waals surface area contributed by atoms with Crippen LogP contribution in [0.4, 0.5) is 9.18 Å². The molecule has 5 heteroatoms. The average molecular weight is 304 g/mol. The van der Waals surface area contributed by atoms with Crippen LogP contribution in [0.25, 0.3) is 0 Å². The van der Waals surface area contributed by atoms with E-state index >= 15 is 0 Å². The Hall–Kier alpha value is -1.88. The lowest BCUT2D eigenvalue weighted by Gasteiger charge is -2.17. The van der Waals surface area contributed by atoms with Gasteiger partial charge in [0, 0.05) is 16.8 Å². The van der Waals surface area contributed by atoms with E-state index in [1.54, 1.807) is 11.3 Å².